The van der Waals surface area contributed by atoms with Crippen molar-refractivity contribution in [1.82, 2.24) is 10.2 Å². The summed E-state index contributed by atoms with van der Waals surface area (Å²) in [6.07, 6.45) is 3.87. The highest BCUT2D eigenvalue weighted by Crippen LogP contribution is 2.19. The van der Waals surface area contributed by atoms with E-state index in [1.165, 1.54) is 19.4 Å². The molecule has 4 nitrogen and oxygen atoms in total. The second-order valence-corrected chi connectivity index (χ2v) is 4.98. The third-order valence-electron chi connectivity index (χ3n) is 3.61. The number of ether oxygens (including phenoxy) is 1. The Morgan fingerprint density at radius 3 is 3.12 bits per heavy atom. The van der Waals surface area contributed by atoms with Crippen molar-refractivity contribution >= 4 is 0 Å². The molecule has 0 aromatic carbocycles. The number of piperidine rings is 1. The molecule has 2 aliphatic heterocycles. The molecule has 16 heavy (non-hydrogen) atoms. The Labute approximate surface area is 98.0 Å². The van der Waals surface area contributed by atoms with Crippen LogP contribution in [0, 0.1) is 5.92 Å². The van der Waals surface area contributed by atoms with Gasteiger partial charge in [0.1, 0.15) is 0 Å². The predicted molar refractivity (Wildman–Crippen MR) is 63.5 cm³/mol. The Kier molecular flexibility index (Phi) is 5.03. The zero-order valence-electron chi connectivity index (χ0n) is 10.0. The van der Waals surface area contributed by atoms with Gasteiger partial charge in [-0.2, -0.15) is 0 Å². The molecular formula is C12H24N2O2. The lowest BCUT2D eigenvalue weighted by atomic mass is 9.95. The average Bonchev–Trinajstić information content (AvgIpc) is 2.31. The number of morpholine rings is 1. The van der Waals surface area contributed by atoms with E-state index in [1.807, 2.05) is 0 Å². The monoisotopic (exact) mass is 228 g/mol. The van der Waals surface area contributed by atoms with Crippen LogP contribution in [0.3, 0.4) is 0 Å². The van der Waals surface area contributed by atoms with Crippen molar-refractivity contribution in [2.45, 2.75) is 25.4 Å². The van der Waals surface area contributed by atoms with E-state index in [4.69, 9.17) is 9.84 Å². The van der Waals surface area contributed by atoms with Crippen molar-refractivity contribution in [2.75, 3.05) is 45.9 Å². The fourth-order valence-electron chi connectivity index (χ4n) is 2.76. The molecule has 2 saturated heterocycles. The number of aliphatic hydroxyl groups is 1. The number of likely N-dealkylation sites (tertiary alicyclic amines) is 1. The number of aliphatic hydroxyl groups excluding tert-OH is 1. The molecule has 0 amide bonds. The lowest BCUT2D eigenvalue weighted by Gasteiger charge is -2.35. The summed E-state index contributed by atoms with van der Waals surface area (Å²) in [5.41, 5.74) is 0. The van der Waals surface area contributed by atoms with E-state index in [1.54, 1.807) is 0 Å². The maximum atomic E-state index is 8.97. The smallest absolute Gasteiger partial charge is 0.0826 e. The number of rotatable bonds is 4. The fraction of sp³-hybridized carbons (Fsp3) is 1.00. The summed E-state index contributed by atoms with van der Waals surface area (Å²) in [5.74, 6) is 0.690. The molecule has 2 heterocycles. The highest BCUT2D eigenvalue weighted by Gasteiger charge is 2.23. The second-order valence-electron chi connectivity index (χ2n) is 4.98. The molecule has 2 unspecified atom stereocenters. The Morgan fingerprint density at radius 1 is 1.44 bits per heavy atom. The van der Waals surface area contributed by atoms with E-state index in [0.717, 1.165) is 39.2 Å². The maximum Gasteiger partial charge on any atom is 0.0826 e. The SMILES string of the molecule is OCCC1CCCN(CC2CNCCO2)C1. The van der Waals surface area contributed by atoms with Gasteiger partial charge in [0.25, 0.3) is 0 Å². The number of nitrogens with one attached hydrogen (secondary N) is 1. The quantitative estimate of drug-likeness (QED) is 0.715. The van der Waals surface area contributed by atoms with Gasteiger partial charge in [0, 0.05) is 32.8 Å². The van der Waals surface area contributed by atoms with Crippen molar-refractivity contribution in [3.05, 3.63) is 0 Å². The zero-order chi connectivity index (χ0) is 11.2. The summed E-state index contributed by atoms with van der Waals surface area (Å²) < 4.78 is 5.72. The van der Waals surface area contributed by atoms with Gasteiger partial charge in [0.2, 0.25) is 0 Å². The molecule has 0 aromatic heterocycles. The van der Waals surface area contributed by atoms with Gasteiger partial charge in [-0.1, -0.05) is 0 Å². The highest BCUT2D eigenvalue weighted by atomic mass is 16.5. The average molecular weight is 228 g/mol. The van der Waals surface area contributed by atoms with Crippen LogP contribution >= 0.6 is 0 Å². The first-order valence-corrected chi connectivity index (χ1v) is 6.54. The fourth-order valence-corrected chi connectivity index (χ4v) is 2.76. The van der Waals surface area contributed by atoms with Crippen LogP contribution in [0.2, 0.25) is 0 Å². The van der Waals surface area contributed by atoms with E-state index in [2.05, 4.69) is 10.2 Å². The molecule has 94 valence electrons. The Hall–Kier alpha value is -0.160. The van der Waals surface area contributed by atoms with Crippen molar-refractivity contribution < 1.29 is 9.84 Å². The predicted octanol–water partition coefficient (Wildman–Crippen LogP) is 0.0692. The molecule has 2 rings (SSSR count). The molecule has 0 bridgehead atoms. The van der Waals surface area contributed by atoms with Gasteiger partial charge in [-0.05, 0) is 31.7 Å². The minimum absolute atomic E-state index is 0.333. The van der Waals surface area contributed by atoms with Crippen LogP contribution in [-0.4, -0.2) is 62.0 Å². The Bertz CT molecular complexity index is 193. The van der Waals surface area contributed by atoms with Gasteiger partial charge in [-0.25, -0.2) is 0 Å². The van der Waals surface area contributed by atoms with Gasteiger partial charge in [-0.3, -0.25) is 0 Å². The van der Waals surface area contributed by atoms with Gasteiger partial charge >= 0.3 is 0 Å². The van der Waals surface area contributed by atoms with E-state index in [9.17, 15) is 0 Å². The maximum absolute atomic E-state index is 8.97. The van der Waals surface area contributed by atoms with Gasteiger partial charge in [0.05, 0.1) is 12.7 Å². The van der Waals surface area contributed by atoms with E-state index < -0.39 is 0 Å². The van der Waals surface area contributed by atoms with Crippen LogP contribution in [0.15, 0.2) is 0 Å². The van der Waals surface area contributed by atoms with Crippen molar-refractivity contribution in [1.29, 1.82) is 0 Å². The van der Waals surface area contributed by atoms with Crippen LogP contribution in [0.25, 0.3) is 0 Å². The van der Waals surface area contributed by atoms with Gasteiger partial charge < -0.3 is 20.1 Å². The second kappa shape index (κ2) is 6.55. The first-order valence-electron chi connectivity index (χ1n) is 6.54. The molecule has 0 aromatic rings. The summed E-state index contributed by atoms with van der Waals surface area (Å²) in [7, 11) is 0. The van der Waals surface area contributed by atoms with Crippen LogP contribution in [0.4, 0.5) is 0 Å². The summed E-state index contributed by atoms with van der Waals surface area (Å²) in [4.78, 5) is 2.50. The van der Waals surface area contributed by atoms with Crippen LogP contribution < -0.4 is 5.32 Å². The molecule has 0 radical (unpaired) electrons. The van der Waals surface area contributed by atoms with Gasteiger partial charge in [-0.15, -0.1) is 0 Å². The summed E-state index contributed by atoms with van der Waals surface area (Å²) in [5, 5.41) is 12.3. The van der Waals surface area contributed by atoms with Gasteiger partial charge in [0.15, 0.2) is 0 Å². The molecular weight excluding hydrogens is 204 g/mol. The first kappa shape index (κ1) is 12.3. The van der Waals surface area contributed by atoms with Crippen LogP contribution in [0.5, 0.6) is 0 Å². The van der Waals surface area contributed by atoms with Crippen LogP contribution in [0.1, 0.15) is 19.3 Å². The minimum Gasteiger partial charge on any atom is -0.396 e. The third-order valence-corrected chi connectivity index (χ3v) is 3.61. The highest BCUT2D eigenvalue weighted by molar-refractivity contribution is 4.77. The molecule has 2 aliphatic rings. The summed E-state index contributed by atoms with van der Waals surface area (Å²) in [6.45, 7) is 6.54. The lowest BCUT2D eigenvalue weighted by Crippen LogP contribution is -2.47. The number of nitrogens with zero attached hydrogens (tertiary/aromatic N) is 1. The zero-order valence-corrected chi connectivity index (χ0v) is 10.0. The summed E-state index contributed by atoms with van der Waals surface area (Å²) >= 11 is 0. The van der Waals surface area contributed by atoms with E-state index >= 15 is 0 Å². The minimum atomic E-state index is 0.333. The molecule has 0 saturated carbocycles. The summed E-state index contributed by atoms with van der Waals surface area (Å²) in [6, 6.07) is 0. The lowest BCUT2D eigenvalue weighted by molar-refractivity contribution is -0.00336. The van der Waals surface area contributed by atoms with E-state index in [0.29, 0.717) is 18.6 Å². The van der Waals surface area contributed by atoms with Crippen LogP contribution in [-0.2, 0) is 4.74 Å². The molecule has 2 atom stereocenters. The largest absolute Gasteiger partial charge is 0.396 e. The molecule has 0 aliphatic carbocycles. The molecule has 2 N–H and O–H groups in total. The van der Waals surface area contributed by atoms with Crippen molar-refractivity contribution in [3.63, 3.8) is 0 Å². The number of hydrogen-bond donors (Lipinski definition) is 2. The standard InChI is InChI=1S/C12H24N2O2/c15-6-3-11-2-1-5-14(9-11)10-12-8-13-4-7-16-12/h11-13,15H,1-10H2. The topological polar surface area (TPSA) is 44.7 Å². The van der Waals surface area contributed by atoms with Crippen molar-refractivity contribution in [3.8, 4) is 0 Å². The normalized spacial score (nSPS) is 32.8. The van der Waals surface area contributed by atoms with E-state index in [-0.39, 0.29) is 0 Å². The third kappa shape index (κ3) is 3.70. The Morgan fingerprint density at radius 2 is 2.38 bits per heavy atom. The molecule has 0 spiro atoms. The first-order chi connectivity index (χ1) is 7.88. The van der Waals surface area contributed by atoms with Crippen molar-refractivity contribution in [2.24, 2.45) is 5.92 Å². The number of hydrogen-bond acceptors (Lipinski definition) is 4. The Balaban J connectivity index is 1.71. The molecule has 4 heteroatoms. The molecule has 2 fully saturated rings.